The Morgan fingerprint density at radius 1 is 1.08 bits per heavy atom. The molecule has 2 aliphatic carbocycles. The normalized spacial score (nSPS) is 19.5. The van der Waals surface area contributed by atoms with E-state index in [0.717, 1.165) is 12.8 Å². The van der Waals surface area contributed by atoms with Crippen LogP contribution in [0.1, 0.15) is 79.6 Å². The van der Waals surface area contributed by atoms with Crippen molar-refractivity contribution >= 4 is 11.9 Å². The molecule has 1 aromatic rings. The predicted molar refractivity (Wildman–Crippen MR) is 97.5 cm³/mol. The van der Waals surface area contributed by atoms with Crippen molar-refractivity contribution in [3.63, 3.8) is 0 Å². The minimum atomic E-state index is -0.787. The van der Waals surface area contributed by atoms with Gasteiger partial charge in [0, 0.05) is 0 Å². The lowest BCUT2D eigenvalue weighted by molar-refractivity contribution is -0.125. The number of nitriles is 1. The van der Waals surface area contributed by atoms with Crippen molar-refractivity contribution in [2.45, 2.75) is 69.2 Å². The first kappa shape index (κ1) is 18.4. The first-order valence-electron chi connectivity index (χ1n) is 9.61. The molecule has 2 aliphatic rings. The van der Waals surface area contributed by atoms with Gasteiger partial charge in [0.05, 0.1) is 11.6 Å². The Kier molecular flexibility index (Phi) is 5.92. The molecule has 138 valence electrons. The summed E-state index contributed by atoms with van der Waals surface area (Å²) in [7, 11) is 0. The fourth-order valence-corrected chi connectivity index (χ4v) is 4.09. The quantitative estimate of drug-likeness (QED) is 0.815. The van der Waals surface area contributed by atoms with Crippen LogP contribution in [0.25, 0.3) is 0 Å². The Morgan fingerprint density at radius 3 is 2.35 bits per heavy atom. The highest BCUT2D eigenvalue weighted by Crippen LogP contribution is 2.32. The van der Waals surface area contributed by atoms with Gasteiger partial charge in [-0.25, -0.2) is 4.79 Å². The summed E-state index contributed by atoms with van der Waals surface area (Å²) < 4.78 is 5.11. The Labute approximate surface area is 154 Å². The summed E-state index contributed by atoms with van der Waals surface area (Å²) in [5.41, 5.74) is 0.940. The van der Waals surface area contributed by atoms with Gasteiger partial charge in [-0.1, -0.05) is 31.4 Å². The minimum Gasteiger partial charge on any atom is -0.452 e. The van der Waals surface area contributed by atoms with Crippen LogP contribution in [0.2, 0.25) is 0 Å². The summed E-state index contributed by atoms with van der Waals surface area (Å²) in [5.74, 6) is -0.332. The summed E-state index contributed by atoms with van der Waals surface area (Å²) in [6, 6.07) is 9.74. The number of nitrogens with zero attached hydrogens (tertiary/aromatic N) is 1. The number of hydrogen-bond donors (Lipinski definition) is 1. The van der Waals surface area contributed by atoms with Gasteiger partial charge in [-0.3, -0.25) is 4.79 Å². The SMILES string of the molecule is N#CC1(NC(=O)COC(=O)c2ccc(C3CCCCC3)cc2)CCCC1. The number of rotatable bonds is 5. The van der Waals surface area contributed by atoms with Gasteiger partial charge in [0.2, 0.25) is 0 Å². The number of hydrogen-bond acceptors (Lipinski definition) is 4. The van der Waals surface area contributed by atoms with Gasteiger partial charge >= 0.3 is 5.97 Å². The molecular formula is C21H26N2O3. The molecule has 3 rings (SSSR count). The molecule has 0 bridgehead atoms. The van der Waals surface area contributed by atoms with Gasteiger partial charge < -0.3 is 10.1 Å². The zero-order valence-corrected chi connectivity index (χ0v) is 15.1. The minimum absolute atomic E-state index is 0.355. The Bertz CT molecular complexity index is 678. The Morgan fingerprint density at radius 2 is 1.73 bits per heavy atom. The summed E-state index contributed by atoms with van der Waals surface area (Å²) in [6.45, 7) is -0.355. The van der Waals surface area contributed by atoms with Crippen LogP contribution >= 0.6 is 0 Å². The maximum Gasteiger partial charge on any atom is 0.338 e. The summed E-state index contributed by atoms with van der Waals surface area (Å²) in [6.07, 6.45) is 9.46. The lowest BCUT2D eigenvalue weighted by Gasteiger charge is -2.22. The van der Waals surface area contributed by atoms with Crippen molar-refractivity contribution in [2.75, 3.05) is 6.61 Å². The van der Waals surface area contributed by atoms with E-state index in [-0.39, 0.29) is 6.61 Å². The molecule has 1 aromatic carbocycles. The number of carbonyl (C=O) groups is 2. The van der Waals surface area contributed by atoms with E-state index in [1.165, 1.54) is 37.7 Å². The van der Waals surface area contributed by atoms with Crippen LogP contribution in [0.15, 0.2) is 24.3 Å². The van der Waals surface area contributed by atoms with Crippen LogP contribution < -0.4 is 5.32 Å². The predicted octanol–water partition coefficient (Wildman–Crippen LogP) is 3.84. The molecule has 26 heavy (non-hydrogen) atoms. The van der Waals surface area contributed by atoms with Gasteiger partial charge in [-0.2, -0.15) is 5.26 Å². The molecule has 0 aromatic heterocycles. The standard InChI is InChI=1S/C21H26N2O3/c22-15-21(12-4-5-13-21)23-19(24)14-26-20(25)18-10-8-17(9-11-18)16-6-2-1-3-7-16/h8-11,16H,1-7,12-14H2,(H,23,24). The molecule has 2 fully saturated rings. The average Bonchev–Trinajstić information content (AvgIpc) is 3.16. The number of ether oxygens (including phenoxy) is 1. The largest absolute Gasteiger partial charge is 0.452 e. The second kappa shape index (κ2) is 8.35. The number of carbonyl (C=O) groups excluding carboxylic acids is 2. The highest BCUT2D eigenvalue weighted by Gasteiger charge is 2.35. The molecular weight excluding hydrogens is 328 g/mol. The monoisotopic (exact) mass is 354 g/mol. The molecule has 0 heterocycles. The van der Waals surface area contributed by atoms with Gasteiger partial charge in [-0.15, -0.1) is 0 Å². The van der Waals surface area contributed by atoms with Gasteiger partial charge in [0.15, 0.2) is 6.61 Å². The van der Waals surface area contributed by atoms with E-state index in [1.807, 2.05) is 12.1 Å². The maximum absolute atomic E-state index is 12.2. The second-order valence-corrected chi connectivity index (χ2v) is 7.48. The molecule has 5 heteroatoms. The highest BCUT2D eigenvalue weighted by molar-refractivity contribution is 5.91. The Hall–Kier alpha value is -2.35. The smallest absolute Gasteiger partial charge is 0.338 e. The highest BCUT2D eigenvalue weighted by atomic mass is 16.5. The molecule has 0 radical (unpaired) electrons. The van der Waals surface area contributed by atoms with E-state index in [4.69, 9.17) is 4.74 Å². The summed E-state index contributed by atoms with van der Waals surface area (Å²) in [5, 5.41) is 12.0. The molecule has 0 saturated heterocycles. The summed E-state index contributed by atoms with van der Waals surface area (Å²) in [4.78, 5) is 24.2. The van der Waals surface area contributed by atoms with E-state index in [1.54, 1.807) is 12.1 Å². The van der Waals surface area contributed by atoms with Crippen LogP contribution in [0.5, 0.6) is 0 Å². The van der Waals surface area contributed by atoms with Crippen molar-refractivity contribution in [3.8, 4) is 6.07 Å². The fourth-order valence-electron chi connectivity index (χ4n) is 4.09. The van der Waals surface area contributed by atoms with Crippen LogP contribution in [0.3, 0.4) is 0 Å². The molecule has 5 nitrogen and oxygen atoms in total. The van der Waals surface area contributed by atoms with E-state index in [9.17, 15) is 14.9 Å². The molecule has 0 spiro atoms. The van der Waals surface area contributed by atoms with E-state index >= 15 is 0 Å². The van der Waals surface area contributed by atoms with Crippen LogP contribution in [-0.4, -0.2) is 24.0 Å². The van der Waals surface area contributed by atoms with Crippen molar-refractivity contribution in [3.05, 3.63) is 35.4 Å². The van der Waals surface area contributed by atoms with Crippen LogP contribution in [0, 0.1) is 11.3 Å². The van der Waals surface area contributed by atoms with Crippen molar-refractivity contribution in [2.24, 2.45) is 0 Å². The van der Waals surface area contributed by atoms with Crippen LogP contribution in [-0.2, 0) is 9.53 Å². The van der Waals surface area contributed by atoms with Gasteiger partial charge in [-0.05, 0) is 62.1 Å². The van der Waals surface area contributed by atoms with Crippen molar-refractivity contribution in [1.29, 1.82) is 5.26 Å². The number of esters is 1. The third-order valence-corrected chi connectivity index (χ3v) is 5.61. The molecule has 0 atom stereocenters. The topological polar surface area (TPSA) is 79.2 Å². The zero-order valence-electron chi connectivity index (χ0n) is 15.1. The molecule has 1 N–H and O–H groups in total. The zero-order chi connectivity index (χ0) is 18.4. The first-order chi connectivity index (χ1) is 12.6. The van der Waals surface area contributed by atoms with Crippen LogP contribution in [0.4, 0.5) is 0 Å². The molecule has 1 amide bonds. The van der Waals surface area contributed by atoms with Crippen molar-refractivity contribution in [1.82, 2.24) is 5.32 Å². The third-order valence-electron chi connectivity index (χ3n) is 5.61. The second-order valence-electron chi connectivity index (χ2n) is 7.48. The fraction of sp³-hybridized carbons (Fsp3) is 0.571. The van der Waals surface area contributed by atoms with E-state index in [2.05, 4.69) is 11.4 Å². The lowest BCUT2D eigenvalue weighted by Crippen LogP contribution is -2.46. The van der Waals surface area contributed by atoms with Crippen molar-refractivity contribution < 1.29 is 14.3 Å². The average molecular weight is 354 g/mol. The van der Waals surface area contributed by atoms with Gasteiger partial charge in [0.25, 0.3) is 5.91 Å². The maximum atomic E-state index is 12.2. The molecule has 0 aliphatic heterocycles. The number of amides is 1. The Balaban J connectivity index is 1.50. The number of benzene rings is 1. The van der Waals surface area contributed by atoms with Gasteiger partial charge in [0.1, 0.15) is 5.54 Å². The van der Waals surface area contributed by atoms with E-state index in [0.29, 0.717) is 24.3 Å². The molecule has 0 unspecified atom stereocenters. The molecule has 2 saturated carbocycles. The van der Waals surface area contributed by atoms with E-state index < -0.39 is 17.4 Å². The summed E-state index contributed by atoms with van der Waals surface area (Å²) >= 11 is 0. The lowest BCUT2D eigenvalue weighted by atomic mass is 9.84. The third kappa shape index (κ3) is 4.43. The number of nitrogens with one attached hydrogen (secondary N) is 1. The first-order valence-corrected chi connectivity index (χ1v) is 9.61.